The maximum atomic E-state index is 12.6. The maximum absolute atomic E-state index is 12.6. The molecule has 24 heavy (non-hydrogen) atoms. The molecule has 0 amide bonds. The molecule has 1 atom stereocenters. The molecule has 2 rings (SSSR count). The monoisotopic (exact) mass is 371 g/mol. The zero-order chi connectivity index (χ0) is 18.3. The van der Waals surface area contributed by atoms with Crippen LogP contribution in [0.5, 0.6) is 0 Å². The van der Waals surface area contributed by atoms with E-state index in [4.69, 9.17) is 0 Å². The van der Waals surface area contributed by atoms with Crippen LogP contribution in [0.25, 0.3) is 5.69 Å². The molecule has 0 aliphatic carbocycles. The van der Waals surface area contributed by atoms with Gasteiger partial charge in [0.25, 0.3) is 5.82 Å². The molecule has 4 nitrogen and oxygen atoms in total. The molecule has 132 valence electrons. The molecule has 2 aromatic rings. The largest absolute Gasteiger partial charge is 0.453 e. The lowest BCUT2D eigenvalue weighted by Crippen LogP contribution is -2.19. The molecule has 0 bridgehead atoms. The van der Waals surface area contributed by atoms with E-state index in [2.05, 4.69) is 10.1 Å². The summed E-state index contributed by atoms with van der Waals surface area (Å²) in [5.74, 6) is -2.91. The molecule has 11 heteroatoms. The Morgan fingerprint density at radius 1 is 1.08 bits per heavy atom. The van der Waals surface area contributed by atoms with Crippen LogP contribution in [0.1, 0.15) is 17.0 Å². The van der Waals surface area contributed by atoms with E-state index in [1.165, 1.54) is 13.0 Å². The van der Waals surface area contributed by atoms with Crippen LogP contribution in [-0.4, -0.2) is 30.9 Å². The van der Waals surface area contributed by atoms with Crippen LogP contribution in [0, 0.1) is 13.8 Å². The fourth-order valence-electron chi connectivity index (χ4n) is 2.05. The second-order valence-electron chi connectivity index (χ2n) is 5.02. The number of rotatable bonds is 3. The third-order valence-electron chi connectivity index (χ3n) is 3.03. The van der Waals surface area contributed by atoms with Gasteiger partial charge in [0, 0.05) is 4.90 Å². The van der Waals surface area contributed by atoms with Crippen molar-refractivity contribution in [2.24, 2.45) is 0 Å². The van der Waals surface area contributed by atoms with Crippen molar-refractivity contribution in [3.8, 4) is 5.69 Å². The van der Waals surface area contributed by atoms with E-state index in [0.717, 1.165) is 17.1 Å². The summed E-state index contributed by atoms with van der Waals surface area (Å²) >= 11 is 0. The van der Waals surface area contributed by atoms with Gasteiger partial charge in [-0.25, -0.2) is 9.67 Å². The summed E-state index contributed by atoms with van der Waals surface area (Å²) in [5, 5.41) is 3.28. The molecule has 0 spiro atoms. The number of hydrogen-bond donors (Lipinski definition) is 0. The lowest BCUT2D eigenvalue weighted by Gasteiger charge is -2.13. The van der Waals surface area contributed by atoms with Gasteiger partial charge in [0.1, 0.15) is 12.1 Å². The summed E-state index contributed by atoms with van der Waals surface area (Å²) in [6, 6.07) is 2.58. The van der Waals surface area contributed by atoms with E-state index in [-0.39, 0.29) is 10.6 Å². The standard InChI is InChI=1S/C13H11F6N3OS/c1-7-3-8(2)10(24(23)5-12(14,15)16)4-9(7)22-6-20-11(21-22)13(17,18)19/h3-4,6H,5H2,1-2H3/t24-/m1/s1. The molecule has 0 N–H and O–H groups in total. The minimum absolute atomic E-state index is 0.0779. The molecular formula is C13H11F6N3OS. The SMILES string of the molecule is Cc1cc(C)c([S@](=O)CC(F)(F)F)cc1-n1cnc(C(F)(F)F)n1. The zero-order valence-corrected chi connectivity index (χ0v) is 13.2. The minimum atomic E-state index is -4.74. The molecule has 0 saturated heterocycles. The predicted molar refractivity (Wildman–Crippen MR) is 73.2 cm³/mol. The van der Waals surface area contributed by atoms with E-state index in [1.807, 2.05) is 0 Å². The van der Waals surface area contributed by atoms with Crippen molar-refractivity contribution in [3.63, 3.8) is 0 Å². The topological polar surface area (TPSA) is 47.8 Å². The molecule has 0 aliphatic rings. The Morgan fingerprint density at radius 2 is 1.71 bits per heavy atom. The van der Waals surface area contributed by atoms with Gasteiger partial charge in [-0.15, -0.1) is 5.10 Å². The van der Waals surface area contributed by atoms with Crippen molar-refractivity contribution in [2.75, 3.05) is 5.75 Å². The van der Waals surface area contributed by atoms with Gasteiger partial charge in [-0.05, 0) is 31.0 Å². The highest BCUT2D eigenvalue weighted by Gasteiger charge is 2.36. The number of aryl methyl sites for hydroxylation is 2. The van der Waals surface area contributed by atoms with Gasteiger partial charge >= 0.3 is 12.4 Å². The molecule has 1 heterocycles. The van der Waals surface area contributed by atoms with Gasteiger partial charge in [-0.2, -0.15) is 26.3 Å². The number of alkyl halides is 6. The number of benzene rings is 1. The van der Waals surface area contributed by atoms with Gasteiger partial charge < -0.3 is 0 Å². The van der Waals surface area contributed by atoms with Crippen molar-refractivity contribution in [2.45, 2.75) is 31.1 Å². The Bertz CT molecular complexity index is 781. The van der Waals surface area contributed by atoms with Crippen LogP contribution < -0.4 is 0 Å². The molecular weight excluding hydrogens is 360 g/mol. The van der Waals surface area contributed by atoms with Gasteiger partial charge in [-0.3, -0.25) is 4.21 Å². The fourth-order valence-corrected chi connectivity index (χ4v) is 3.16. The Balaban J connectivity index is 2.47. The summed E-state index contributed by atoms with van der Waals surface area (Å²) < 4.78 is 87.6. The van der Waals surface area contributed by atoms with Crippen molar-refractivity contribution in [1.82, 2.24) is 14.8 Å². The second-order valence-corrected chi connectivity index (χ2v) is 6.44. The summed E-state index contributed by atoms with van der Waals surface area (Å²) in [6.45, 7) is 3.02. The predicted octanol–water partition coefficient (Wildman–Crippen LogP) is 3.57. The van der Waals surface area contributed by atoms with E-state index >= 15 is 0 Å². The van der Waals surface area contributed by atoms with Crippen molar-refractivity contribution < 1.29 is 30.6 Å². The summed E-state index contributed by atoms with van der Waals surface area (Å²) in [7, 11) is -2.38. The molecule has 0 aliphatic heterocycles. The molecule has 1 aromatic heterocycles. The summed E-state index contributed by atoms with van der Waals surface area (Å²) in [5.41, 5.74) is 0.878. The van der Waals surface area contributed by atoms with E-state index in [1.54, 1.807) is 6.92 Å². The molecule has 0 saturated carbocycles. The van der Waals surface area contributed by atoms with Crippen LogP contribution in [-0.2, 0) is 17.0 Å². The average Bonchev–Trinajstić information content (AvgIpc) is 2.85. The first-order valence-electron chi connectivity index (χ1n) is 6.44. The van der Waals surface area contributed by atoms with Crippen LogP contribution >= 0.6 is 0 Å². The van der Waals surface area contributed by atoms with E-state index in [0.29, 0.717) is 11.1 Å². The van der Waals surface area contributed by atoms with Crippen molar-refractivity contribution in [3.05, 3.63) is 35.4 Å². The lowest BCUT2D eigenvalue weighted by molar-refractivity contribution is -0.144. The maximum Gasteiger partial charge on any atom is 0.453 e. The highest BCUT2D eigenvalue weighted by molar-refractivity contribution is 7.85. The van der Waals surface area contributed by atoms with Crippen LogP contribution in [0.15, 0.2) is 23.4 Å². The van der Waals surface area contributed by atoms with Crippen LogP contribution in [0.4, 0.5) is 26.3 Å². The highest BCUT2D eigenvalue weighted by atomic mass is 32.2. The first-order chi connectivity index (χ1) is 10.9. The Kier molecular flexibility index (Phi) is 4.75. The molecule has 0 unspecified atom stereocenters. The summed E-state index contributed by atoms with van der Waals surface area (Å²) in [4.78, 5) is 3.02. The lowest BCUT2D eigenvalue weighted by atomic mass is 10.1. The minimum Gasteiger partial charge on any atom is -0.254 e. The van der Waals surface area contributed by atoms with Gasteiger partial charge in [0.2, 0.25) is 0 Å². The quantitative estimate of drug-likeness (QED) is 0.775. The third kappa shape index (κ3) is 4.13. The number of halogens is 6. The van der Waals surface area contributed by atoms with E-state index < -0.39 is 34.7 Å². The first kappa shape index (κ1) is 18.4. The zero-order valence-electron chi connectivity index (χ0n) is 12.4. The normalized spacial score (nSPS) is 14.0. The first-order valence-corrected chi connectivity index (χ1v) is 7.76. The summed E-state index contributed by atoms with van der Waals surface area (Å²) in [6.07, 6.45) is -8.57. The van der Waals surface area contributed by atoms with E-state index in [9.17, 15) is 30.6 Å². The Labute approximate surface area is 135 Å². The second kappa shape index (κ2) is 6.19. The Hall–Kier alpha value is -1.91. The van der Waals surface area contributed by atoms with Gasteiger partial charge in [-0.1, -0.05) is 6.07 Å². The fraction of sp³-hybridized carbons (Fsp3) is 0.385. The average molecular weight is 371 g/mol. The highest BCUT2D eigenvalue weighted by Crippen LogP contribution is 2.28. The Morgan fingerprint density at radius 3 is 2.21 bits per heavy atom. The number of aromatic nitrogens is 3. The molecule has 0 radical (unpaired) electrons. The molecule has 1 aromatic carbocycles. The smallest absolute Gasteiger partial charge is 0.254 e. The van der Waals surface area contributed by atoms with Crippen LogP contribution in [0.3, 0.4) is 0 Å². The third-order valence-corrected chi connectivity index (χ3v) is 4.55. The number of hydrogen-bond acceptors (Lipinski definition) is 3. The van der Waals surface area contributed by atoms with Crippen molar-refractivity contribution in [1.29, 1.82) is 0 Å². The van der Waals surface area contributed by atoms with Crippen LogP contribution in [0.2, 0.25) is 0 Å². The molecule has 0 fully saturated rings. The number of nitrogens with zero attached hydrogens (tertiary/aromatic N) is 3. The van der Waals surface area contributed by atoms with Crippen molar-refractivity contribution >= 4 is 10.8 Å². The van der Waals surface area contributed by atoms with Gasteiger partial charge in [0.15, 0.2) is 0 Å². The van der Waals surface area contributed by atoms with Gasteiger partial charge in [0.05, 0.1) is 16.5 Å².